The number of anilines is 1. The molecule has 0 aliphatic carbocycles. The summed E-state index contributed by atoms with van der Waals surface area (Å²) in [6.45, 7) is 0. The molecule has 31 heavy (non-hydrogen) atoms. The molecule has 1 amide bonds. The van der Waals surface area contributed by atoms with Crippen LogP contribution in [0.4, 0.5) is 11.4 Å². The number of furan rings is 1. The second-order valence-electron chi connectivity index (χ2n) is 6.06. The molecule has 1 N–H and O–H groups in total. The van der Waals surface area contributed by atoms with Gasteiger partial charge in [-0.3, -0.25) is 14.9 Å². The fourth-order valence-electron chi connectivity index (χ4n) is 2.67. The molecule has 0 spiro atoms. The number of hydrogen-bond donors (Lipinski definition) is 1. The Morgan fingerprint density at radius 1 is 1.23 bits per heavy atom. The topological polar surface area (TPSA) is 118 Å². The zero-order chi connectivity index (χ0) is 22.5. The van der Waals surface area contributed by atoms with E-state index in [0.717, 1.165) is 0 Å². The van der Waals surface area contributed by atoms with Gasteiger partial charge in [0.1, 0.15) is 28.9 Å². The highest BCUT2D eigenvalue weighted by atomic mass is 35.5. The summed E-state index contributed by atoms with van der Waals surface area (Å²) in [5, 5.41) is 23.4. The first-order valence-electron chi connectivity index (χ1n) is 8.64. The Morgan fingerprint density at radius 2 is 1.94 bits per heavy atom. The molecule has 0 aliphatic rings. The predicted octanol–water partition coefficient (Wildman–Crippen LogP) is 5.72. The van der Waals surface area contributed by atoms with E-state index in [2.05, 4.69) is 5.32 Å². The third-order valence-corrected chi connectivity index (χ3v) is 4.77. The van der Waals surface area contributed by atoms with Crippen molar-refractivity contribution in [2.24, 2.45) is 0 Å². The SMILES string of the molecule is COc1ccc([N+](=O)[O-])cc1-c1ccc(/C=C(\C#N)C(=O)Nc2c(Cl)cccc2Cl)o1. The second-order valence-corrected chi connectivity index (χ2v) is 6.88. The predicted molar refractivity (Wildman–Crippen MR) is 116 cm³/mol. The first-order valence-corrected chi connectivity index (χ1v) is 9.39. The number of ether oxygens (including phenoxy) is 1. The van der Waals surface area contributed by atoms with E-state index in [4.69, 9.17) is 32.4 Å². The van der Waals surface area contributed by atoms with Crippen LogP contribution in [0.25, 0.3) is 17.4 Å². The number of non-ortho nitro benzene ring substituents is 1. The van der Waals surface area contributed by atoms with Gasteiger partial charge in [0.2, 0.25) is 0 Å². The number of benzene rings is 2. The number of rotatable bonds is 6. The number of nitro benzene ring substituents is 1. The van der Waals surface area contributed by atoms with Crippen molar-refractivity contribution < 1.29 is 18.9 Å². The van der Waals surface area contributed by atoms with Gasteiger partial charge in [-0.1, -0.05) is 29.3 Å². The molecule has 2 aromatic carbocycles. The molecule has 1 aromatic heterocycles. The highest BCUT2D eigenvalue weighted by molar-refractivity contribution is 6.40. The number of carbonyl (C=O) groups is 1. The number of carbonyl (C=O) groups excluding carboxylic acids is 1. The average Bonchev–Trinajstić information content (AvgIpc) is 3.22. The highest BCUT2D eigenvalue weighted by Crippen LogP contribution is 2.35. The minimum atomic E-state index is -0.733. The van der Waals surface area contributed by atoms with Crippen molar-refractivity contribution in [3.8, 4) is 23.1 Å². The zero-order valence-corrected chi connectivity index (χ0v) is 17.4. The summed E-state index contributed by atoms with van der Waals surface area (Å²) in [5.41, 5.74) is 0.126. The third-order valence-electron chi connectivity index (χ3n) is 4.14. The summed E-state index contributed by atoms with van der Waals surface area (Å²) < 4.78 is 10.9. The number of para-hydroxylation sites is 1. The lowest BCUT2D eigenvalue weighted by molar-refractivity contribution is -0.384. The lowest BCUT2D eigenvalue weighted by atomic mass is 10.1. The van der Waals surface area contributed by atoms with Gasteiger partial charge in [-0.05, 0) is 30.3 Å². The molecule has 3 aromatic rings. The van der Waals surface area contributed by atoms with Crippen LogP contribution < -0.4 is 10.1 Å². The normalized spacial score (nSPS) is 11.0. The van der Waals surface area contributed by atoms with E-state index in [1.54, 1.807) is 30.3 Å². The van der Waals surface area contributed by atoms with Crippen LogP contribution >= 0.6 is 23.2 Å². The molecule has 0 unspecified atom stereocenters. The maximum atomic E-state index is 12.5. The number of nitriles is 1. The summed E-state index contributed by atoms with van der Waals surface area (Å²) in [5.74, 6) is 0.0737. The first-order chi connectivity index (χ1) is 14.8. The van der Waals surface area contributed by atoms with Crippen LogP contribution in [0.5, 0.6) is 5.75 Å². The van der Waals surface area contributed by atoms with Gasteiger partial charge < -0.3 is 14.5 Å². The first kappa shape index (κ1) is 21.9. The van der Waals surface area contributed by atoms with Crippen LogP contribution in [0.1, 0.15) is 5.76 Å². The van der Waals surface area contributed by atoms with Crippen LogP contribution in [0.2, 0.25) is 10.0 Å². The molecule has 8 nitrogen and oxygen atoms in total. The number of nitrogens with zero attached hydrogens (tertiary/aromatic N) is 2. The van der Waals surface area contributed by atoms with E-state index < -0.39 is 10.8 Å². The van der Waals surface area contributed by atoms with Crippen molar-refractivity contribution in [3.05, 3.63) is 80.0 Å². The van der Waals surface area contributed by atoms with Crippen LogP contribution in [0.3, 0.4) is 0 Å². The lowest BCUT2D eigenvalue weighted by Crippen LogP contribution is -2.14. The Labute approximate surface area is 186 Å². The maximum absolute atomic E-state index is 12.5. The highest BCUT2D eigenvalue weighted by Gasteiger charge is 2.17. The van der Waals surface area contributed by atoms with Gasteiger partial charge >= 0.3 is 0 Å². The van der Waals surface area contributed by atoms with Crippen molar-refractivity contribution >= 4 is 46.6 Å². The van der Waals surface area contributed by atoms with Gasteiger partial charge in [0, 0.05) is 18.2 Å². The van der Waals surface area contributed by atoms with Crippen molar-refractivity contribution in [2.75, 3.05) is 12.4 Å². The van der Waals surface area contributed by atoms with Gasteiger partial charge in [0.25, 0.3) is 11.6 Å². The monoisotopic (exact) mass is 457 g/mol. The van der Waals surface area contributed by atoms with Gasteiger partial charge in [-0.25, -0.2) is 0 Å². The van der Waals surface area contributed by atoms with Crippen molar-refractivity contribution in [1.29, 1.82) is 5.26 Å². The van der Waals surface area contributed by atoms with Gasteiger partial charge in [0.05, 0.1) is 33.3 Å². The molecule has 0 saturated heterocycles. The van der Waals surface area contributed by atoms with Gasteiger partial charge in [0.15, 0.2) is 0 Å². The molecular weight excluding hydrogens is 445 g/mol. The molecule has 0 radical (unpaired) electrons. The number of halogens is 2. The quantitative estimate of drug-likeness (QED) is 0.219. The fraction of sp³-hybridized carbons (Fsp3) is 0.0476. The molecule has 10 heteroatoms. The average molecular weight is 458 g/mol. The molecule has 1 heterocycles. The van der Waals surface area contributed by atoms with Crippen LogP contribution in [-0.2, 0) is 4.79 Å². The molecule has 3 rings (SSSR count). The minimum absolute atomic E-state index is 0.141. The zero-order valence-electron chi connectivity index (χ0n) is 15.9. The van der Waals surface area contributed by atoms with Gasteiger partial charge in [-0.2, -0.15) is 5.26 Å². The summed E-state index contributed by atoms with van der Waals surface area (Å²) in [7, 11) is 1.42. The molecule has 0 fully saturated rings. The number of nitrogens with one attached hydrogen (secondary N) is 1. The third kappa shape index (κ3) is 4.86. The fourth-order valence-corrected chi connectivity index (χ4v) is 3.16. The smallest absolute Gasteiger partial charge is 0.270 e. The van der Waals surface area contributed by atoms with E-state index in [0.29, 0.717) is 11.3 Å². The Morgan fingerprint density at radius 3 is 2.55 bits per heavy atom. The molecule has 0 aliphatic heterocycles. The Hall–Kier alpha value is -3.80. The minimum Gasteiger partial charge on any atom is -0.496 e. The number of methoxy groups -OCH3 is 1. The van der Waals surface area contributed by atoms with E-state index >= 15 is 0 Å². The number of amides is 1. The molecular formula is C21H13Cl2N3O5. The lowest BCUT2D eigenvalue weighted by Gasteiger charge is -2.08. The van der Waals surface area contributed by atoms with Crippen molar-refractivity contribution in [2.45, 2.75) is 0 Å². The van der Waals surface area contributed by atoms with E-state index in [9.17, 15) is 20.2 Å². The molecule has 156 valence electrons. The van der Waals surface area contributed by atoms with Crippen LogP contribution in [0, 0.1) is 21.4 Å². The Kier molecular flexibility index (Phi) is 6.60. The molecule has 0 bridgehead atoms. The summed E-state index contributed by atoms with van der Waals surface area (Å²) in [6, 6.07) is 13.6. The number of nitro groups is 1. The largest absolute Gasteiger partial charge is 0.496 e. The van der Waals surface area contributed by atoms with E-state index in [-0.39, 0.29) is 38.5 Å². The van der Waals surface area contributed by atoms with Crippen molar-refractivity contribution in [3.63, 3.8) is 0 Å². The second kappa shape index (κ2) is 9.34. The van der Waals surface area contributed by atoms with Crippen LogP contribution in [0.15, 0.2) is 58.5 Å². The summed E-state index contributed by atoms with van der Waals surface area (Å²) >= 11 is 12.1. The summed E-state index contributed by atoms with van der Waals surface area (Å²) in [4.78, 5) is 23.0. The van der Waals surface area contributed by atoms with Crippen molar-refractivity contribution in [1.82, 2.24) is 0 Å². The van der Waals surface area contributed by atoms with E-state index in [1.807, 2.05) is 0 Å². The Bertz CT molecular complexity index is 1220. The van der Waals surface area contributed by atoms with E-state index in [1.165, 1.54) is 37.5 Å². The number of hydrogen-bond acceptors (Lipinski definition) is 6. The standard InChI is InChI=1S/C21H13Cl2N3O5/c1-30-18-7-5-13(26(28)29)10-15(18)19-8-6-14(31-19)9-12(11-24)21(27)25-20-16(22)3-2-4-17(20)23/h2-10H,1H3,(H,25,27)/b12-9+. The molecule has 0 saturated carbocycles. The molecule has 0 atom stereocenters. The maximum Gasteiger partial charge on any atom is 0.270 e. The Balaban J connectivity index is 1.91. The van der Waals surface area contributed by atoms with Gasteiger partial charge in [-0.15, -0.1) is 0 Å². The summed E-state index contributed by atoms with van der Waals surface area (Å²) in [6.07, 6.45) is 1.23. The van der Waals surface area contributed by atoms with Crippen LogP contribution in [-0.4, -0.2) is 17.9 Å².